The van der Waals surface area contributed by atoms with E-state index in [1.54, 1.807) is 18.4 Å². The summed E-state index contributed by atoms with van der Waals surface area (Å²) in [5.41, 5.74) is 3.95. The second kappa shape index (κ2) is 8.55. The number of nitrogens with zero attached hydrogens (tertiary/aromatic N) is 4. The van der Waals surface area contributed by atoms with Gasteiger partial charge in [0.15, 0.2) is 10.2 Å². The minimum atomic E-state index is -0.142. The SMILES string of the molecule is COc1cccc(N2C(=S)N[C@H](c3ccccn3)[C@H]2c2cccn2-c2nc3ccccc3s2)c1. The molecule has 1 aliphatic heterocycles. The lowest BCUT2D eigenvalue weighted by Gasteiger charge is -2.28. The van der Waals surface area contributed by atoms with E-state index in [2.05, 4.69) is 50.2 Å². The average molecular weight is 484 g/mol. The predicted octanol–water partition coefficient (Wildman–Crippen LogP) is 5.67. The maximum absolute atomic E-state index is 5.87. The highest BCUT2D eigenvalue weighted by Crippen LogP contribution is 2.43. The zero-order chi connectivity index (χ0) is 23.1. The molecule has 1 fully saturated rings. The first-order valence-corrected chi connectivity index (χ1v) is 12.1. The van der Waals surface area contributed by atoms with Crippen molar-refractivity contribution in [3.8, 4) is 10.9 Å². The number of hydrogen-bond donors (Lipinski definition) is 1. The molecule has 0 amide bonds. The number of hydrogen-bond acceptors (Lipinski definition) is 5. The Hall–Kier alpha value is -3.75. The quantitative estimate of drug-likeness (QED) is 0.325. The van der Waals surface area contributed by atoms with Gasteiger partial charge >= 0.3 is 0 Å². The number of thiocarbonyl (C=S) groups is 1. The molecule has 3 aromatic heterocycles. The third-order valence-corrected chi connectivity index (χ3v) is 7.35. The molecule has 2 aromatic carbocycles. The van der Waals surface area contributed by atoms with Gasteiger partial charge in [0.05, 0.1) is 34.8 Å². The van der Waals surface area contributed by atoms with E-state index in [1.807, 2.05) is 60.8 Å². The van der Waals surface area contributed by atoms with E-state index < -0.39 is 0 Å². The third kappa shape index (κ3) is 3.52. The molecule has 1 aliphatic rings. The summed E-state index contributed by atoms with van der Waals surface area (Å²) in [5, 5.41) is 5.09. The summed E-state index contributed by atoms with van der Waals surface area (Å²) in [6, 6.07) is 26.1. The second-order valence-electron chi connectivity index (χ2n) is 7.97. The van der Waals surface area contributed by atoms with Crippen LogP contribution in [0.5, 0.6) is 5.75 Å². The molecular formula is C26H21N5OS2. The number of aromatic nitrogens is 3. The molecule has 0 spiro atoms. The number of para-hydroxylation sites is 1. The number of pyridine rings is 1. The van der Waals surface area contributed by atoms with Crippen LogP contribution in [0.4, 0.5) is 5.69 Å². The topological polar surface area (TPSA) is 55.2 Å². The summed E-state index contributed by atoms with van der Waals surface area (Å²) in [7, 11) is 1.67. The van der Waals surface area contributed by atoms with Crippen LogP contribution < -0.4 is 15.0 Å². The van der Waals surface area contributed by atoms with Gasteiger partial charge < -0.3 is 15.0 Å². The third-order valence-electron chi connectivity index (χ3n) is 6.00. The summed E-state index contributed by atoms with van der Waals surface area (Å²) in [6.45, 7) is 0. The minimum Gasteiger partial charge on any atom is -0.497 e. The summed E-state index contributed by atoms with van der Waals surface area (Å²) < 4.78 is 8.81. The lowest BCUT2D eigenvalue weighted by Crippen LogP contribution is -2.30. The Labute approximate surface area is 206 Å². The van der Waals surface area contributed by atoms with E-state index in [0.29, 0.717) is 5.11 Å². The van der Waals surface area contributed by atoms with Crippen LogP contribution in [0.2, 0.25) is 0 Å². The maximum Gasteiger partial charge on any atom is 0.194 e. The molecular weight excluding hydrogens is 462 g/mol. The van der Waals surface area contributed by atoms with E-state index >= 15 is 0 Å². The molecule has 6 nitrogen and oxygen atoms in total. The normalized spacial score (nSPS) is 17.8. The molecule has 34 heavy (non-hydrogen) atoms. The fourth-order valence-corrected chi connectivity index (χ4v) is 5.78. The molecule has 0 radical (unpaired) electrons. The van der Waals surface area contributed by atoms with Crippen LogP contribution in [0.3, 0.4) is 0 Å². The van der Waals surface area contributed by atoms with Crippen LogP contribution in [0, 0.1) is 0 Å². The first-order valence-electron chi connectivity index (χ1n) is 10.9. The van der Waals surface area contributed by atoms with Crippen molar-refractivity contribution in [1.29, 1.82) is 0 Å². The van der Waals surface area contributed by atoms with Gasteiger partial charge in [-0.1, -0.05) is 35.6 Å². The lowest BCUT2D eigenvalue weighted by molar-refractivity contribution is 0.414. The van der Waals surface area contributed by atoms with Gasteiger partial charge in [0, 0.05) is 24.1 Å². The van der Waals surface area contributed by atoms with Crippen LogP contribution >= 0.6 is 23.6 Å². The Morgan fingerprint density at radius 1 is 1.00 bits per heavy atom. The second-order valence-corrected chi connectivity index (χ2v) is 9.36. The smallest absolute Gasteiger partial charge is 0.194 e. The Balaban J connectivity index is 1.52. The fourth-order valence-electron chi connectivity index (χ4n) is 4.47. The number of fused-ring (bicyclic) bond motifs is 1. The Morgan fingerprint density at radius 2 is 1.88 bits per heavy atom. The van der Waals surface area contributed by atoms with Crippen LogP contribution in [0.15, 0.2) is 91.3 Å². The van der Waals surface area contributed by atoms with E-state index in [9.17, 15) is 0 Å². The summed E-state index contributed by atoms with van der Waals surface area (Å²) in [5.74, 6) is 0.780. The number of anilines is 1. The van der Waals surface area contributed by atoms with Crippen molar-refractivity contribution in [3.63, 3.8) is 0 Å². The zero-order valence-electron chi connectivity index (χ0n) is 18.3. The Kier molecular flexibility index (Phi) is 5.24. The lowest BCUT2D eigenvalue weighted by atomic mass is 10.0. The number of methoxy groups -OCH3 is 1. The summed E-state index contributed by atoms with van der Waals surface area (Å²) in [6.07, 6.45) is 3.88. The molecule has 1 saturated heterocycles. The van der Waals surface area contributed by atoms with E-state index in [4.69, 9.17) is 21.9 Å². The number of nitrogens with one attached hydrogen (secondary N) is 1. The molecule has 0 unspecified atom stereocenters. The number of thiazole rings is 1. The van der Waals surface area contributed by atoms with Crippen molar-refractivity contribution in [2.75, 3.05) is 12.0 Å². The molecule has 168 valence electrons. The van der Waals surface area contributed by atoms with Gasteiger partial charge in [0.1, 0.15) is 11.8 Å². The van der Waals surface area contributed by atoms with E-state index in [0.717, 1.165) is 38.2 Å². The monoisotopic (exact) mass is 483 g/mol. The summed E-state index contributed by atoms with van der Waals surface area (Å²) in [4.78, 5) is 11.7. The van der Waals surface area contributed by atoms with Crippen LogP contribution in [0.25, 0.3) is 15.3 Å². The molecule has 6 rings (SSSR count). The molecule has 2 atom stereocenters. The van der Waals surface area contributed by atoms with Gasteiger partial charge in [-0.15, -0.1) is 0 Å². The van der Waals surface area contributed by atoms with Gasteiger partial charge in [-0.3, -0.25) is 9.55 Å². The standard InChI is InChI=1S/C26H21N5OS2/c1-32-18-9-6-8-17(16-18)31-24(23(29-25(31)33)20-11-4-5-14-27-20)21-12-7-15-30(21)26-28-19-10-2-3-13-22(19)34-26/h2-16,23-24H,1H3,(H,29,33)/t23-,24-/m1/s1. The van der Waals surface area contributed by atoms with Crippen molar-refractivity contribution in [3.05, 3.63) is 103 Å². The highest BCUT2D eigenvalue weighted by atomic mass is 32.1. The van der Waals surface area contributed by atoms with Gasteiger partial charge in [-0.05, 0) is 60.7 Å². The molecule has 5 aromatic rings. The van der Waals surface area contributed by atoms with Gasteiger partial charge in [0.2, 0.25) is 0 Å². The average Bonchev–Trinajstić information content (AvgIpc) is 3.60. The fraction of sp³-hybridized carbons (Fsp3) is 0.115. The number of benzene rings is 2. The summed E-state index contributed by atoms with van der Waals surface area (Å²) >= 11 is 7.54. The number of rotatable bonds is 5. The van der Waals surface area contributed by atoms with Crippen molar-refractivity contribution >= 4 is 44.6 Å². The first-order chi connectivity index (χ1) is 16.7. The zero-order valence-corrected chi connectivity index (χ0v) is 20.0. The van der Waals surface area contributed by atoms with E-state index in [-0.39, 0.29) is 12.1 Å². The minimum absolute atomic E-state index is 0.136. The first kappa shape index (κ1) is 20.8. The molecule has 8 heteroatoms. The van der Waals surface area contributed by atoms with Crippen LogP contribution in [-0.2, 0) is 0 Å². The van der Waals surface area contributed by atoms with Gasteiger partial charge in [0.25, 0.3) is 0 Å². The molecule has 4 heterocycles. The molecule has 0 saturated carbocycles. The molecule has 1 N–H and O–H groups in total. The highest BCUT2D eigenvalue weighted by molar-refractivity contribution is 7.80. The van der Waals surface area contributed by atoms with Gasteiger partial charge in [-0.2, -0.15) is 0 Å². The van der Waals surface area contributed by atoms with E-state index in [1.165, 1.54) is 0 Å². The highest BCUT2D eigenvalue weighted by Gasteiger charge is 2.42. The Morgan fingerprint density at radius 3 is 2.71 bits per heavy atom. The maximum atomic E-state index is 5.87. The number of ether oxygens (including phenoxy) is 1. The van der Waals surface area contributed by atoms with Crippen LogP contribution in [0.1, 0.15) is 23.5 Å². The molecule has 0 bridgehead atoms. The van der Waals surface area contributed by atoms with Crippen molar-refractivity contribution < 1.29 is 4.74 Å². The van der Waals surface area contributed by atoms with Crippen LogP contribution in [-0.4, -0.2) is 26.8 Å². The Bertz CT molecular complexity index is 1450. The van der Waals surface area contributed by atoms with Crippen molar-refractivity contribution in [2.24, 2.45) is 0 Å². The molecule has 0 aliphatic carbocycles. The largest absolute Gasteiger partial charge is 0.497 e. The van der Waals surface area contributed by atoms with Crippen molar-refractivity contribution in [2.45, 2.75) is 12.1 Å². The predicted molar refractivity (Wildman–Crippen MR) is 140 cm³/mol. The van der Waals surface area contributed by atoms with Gasteiger partial charge in [-0.25, -0.2) is 4.98 Å². The van der Waals surface area contributed by atoms with Crippen molar-refractivity contribution in [1.82, 2.24) is 19.9 Å².